The number of aromatic amines is 1. The number of H-pyrrole nitrogens is 1. The fourth-order valence-electron chi connectivity index (χ4n) is 3.77. The molecule has 2 fully saturated rings. The molecule has 4 rings (SSSR count). The van der Waals surface area contributed by atoms with Gasteiger partial charge in [0.1, 0.15) is 11.5 Å². The van der Waals surface area contributed by atoms with Crippen LogP contribution in [0.3, 0.4) is 0 Å². The summed E-state index contributed by atoms with van der Waals surface area (Å²) in [4.78, 5) is 17.4. The molecule has 142 valence electrons. The minimum atomic E-state index is -3.13. The maximum absolute atomic E-state index is 12.1. The van der Waals surface area contributed by atoms with Crippen LogP contribution in [0.1, 0.15) is 25.5 Å². The second kappa shape index (κ2) is 6.70. The molecule has 0 atom stereocenters. The molecular formula is C17H26N6O2S. The van der Waals surface area contributed by atoms with E-state index in [2.05, 4.69) is 20.9 Å². The van der Waals surface area contributed by atoms with E-state index in [1.165, 1.54) is 12.8 Å². The van der Waals surface area contributed by atoms with Gasteiger partial charge in [0, 0.05) is 45.0 Å². The van der Waals surface area contributed by atoms with Crippen molar-refractivity contribution in [3.05, 3.63) is 11.8 Å². The highest BCUT2D eigenvalue weighted by Crippen LogP contribution is 2.29. The summed E-state index contributed by atoms with van der Waals surface area (Å²) >= 11 is 0. The van der Waals surface area contributed by atoms with E-state index in [1.807, 2.05) is 6.92 Å². The lowest BCUT2D eigenvalue weighted by molar-refractivity contribution is 0.385. The number of fused-ring (bicyclic) bond motifs is 1. The number of aromatic nitrogens is 3. The molecule has 1 N–H and O–H groups in total. The SMILES string of the molecule is CCS(=O)(=O)N1CCN(c2nc(N3CCCC3)nc3[nH]c(C)cc23)CC1. The molecule has 0 unspecified atom stereocenters. The lowest BCUT2D eigenvalue weighted by Crippen LogP contribution is -2.49. The first-order chi connectivity index (χ1) is 12.5. The minimum absolute atomic E-state index is 0.154. The van der Waals surface area contributed by atoms with Gasteiger partial charge >= 0.3 is 0 Å². The summed E-state index contributed by atoms with van der Waals surface area (Å²) in [6, 6.07) is 2.08. The van der Waals surface area contributed by atoms with Crippen LogP contribution in [0.25, 0.3) is 11.0 Å². The number of anilines is 2. The summed E-state index contributed by atoms with van der Waals surface area (Å²) in [5, 5.41) is 1.01. The highest BCUT2D eigenvalue weighted by atomic mass is 32.2. The number of rotatable bonds is 4. The molecule has 0 aliphatic carbocycles. The Morgan fingerprint density at radius 1 is 1.04 bits per heavy atom. The summed E-state index contributed by atoms with van der Waals surface area (Å²) in [5.74, 6) is 1.84. The Bertz CT molecular complexity index is 895. The molecule has 2 aromatic rings. The van der Waals surface area contributed by atoms with E-state index in [9.17, 15) is 8.42 Å². The Hall–Kier alpha value is -1.87. The van der Waals surface area contributed by atoms with Gasteiger partial charge < -0.3 is 14.8 Å². The molecule has 0 bridgehead atoms. The first-order valence-corrected chi connectivity index (χ1v) is 10.9. The van der Waals surface area contributed by atoms with E-state index in [0.717, 1.165) is 41.6 Å². The van der Waals surface area contributed by atoms with Crippen molar-refractivity contribution in [1.82, 2.24) is 19.3 Å². The van der Waals surface area contributed by atoms with Gasteiger partial charge in [0.25, 0.3) is 0 Å². The highest BCUT2D eigenvalue weighted by molar-refractivity contribution is 7.89. The molecule has 2 aliphatic heterocycles. The normalized spacial score (nSPS) is 19.6. The predicted octanol–water partition coefficient (Wildman–Crippen LogP) is 1.34. The first-order valence-electron chi connectivity index (χ1n) is 9.33. The van der Waals surface area contributed by atoms with Crippen LogP contribution in [0.15, 0.2) is 6.07 Å². The maximum atomic E-state index is 12.1. The molecule has 26 heavy (non-hydrogen) atoms. The summed E-state index contributed by atoms with van der Waals surface area (Å²) in [7, 11) is -3.13. The molecule has 0 spiro atoms. The van der Waals surface area contributed by atoms with Crippen LogP contribution in [0.4, 0.5) is 11.8 Å². The van der Waals surface area contributed by atoms with Crippen molar-refractivity contribution >= 4 is 32.8 Å². The second-order valence-electron chi connectivity index (χ2n) is 7.04. The molecule has 4 heterocycles. The van der Waals surface area contributed by atoms with E-state index < -0.39 is 10.0 Å². The Morgan fingerprint density at radius 3 is 2.38 bits per heavy atom. The van der Waals surface area contributed by atoms with Crippen LogP contribution in [0.2, 0.25) is 0 Å². The fraction of sp³-hybridized carbons (Fsp3) is 0.647. The Labute approximate surface area is 154 Å². The van der Waals surface area contributed by atoms with Crippen LogP contribution in [-0.2, 0) is 10.0 Å². The summed E-state index contributed by atoms with van der Waals surface area (Å²) in [6.07, 6.45) is 2.35. The van der Waals surface area contributed by atoms with Gasteiger partial charge in [-0.1, -0.05) is 0 Å². The molecule has 9 heteroatoms. The van der Waals surface area contributed by atoms with Gasteiger partial charge in [-0.3, -0.25) is 0 Å². The molecule has 2 saturated heterocycles. The standard InChI is InChI=1S/C17H26N6O2S/c1-3-26(24,25)23-10-8-21(9-11-23)16-14-12-13(2)18-15(14)19-17(20-16)22-6-4-5-7-22/h12H,3-11H2,1-2H3,(H,18,19,20). The molecule has 0 radical (unpaired) electrons. The number of nitrogens with one attached hydrogen (secondary N) is 1. The number of aryl methyl sites for hydroxylation is 1. The summed E-state index contributed by atoms with van der Waals surface area (Å²) in [6.45, 7) is 8.01. The number of sulfonamides is 1. The lowest BCUT2D eigenvalue weighted by Gasteiger charge is -2.35. The monoisotopic (exact) mass is 378 g/mol. The highest BCUT2D eigenvalue weighted by Gasteiger charge is 2.28. The Balaban J connectivity index is 1.65. The third kappa shape index (κ3) is 3.14. The third-order valence-corrected chi connectivity index (χ3v) is 7.16. The average molecular weight is 379 g/mol. The molecule has 2 aliphatic rings. The molecule has 0 aromatic carbocycles. The smallest absolute Gasteiger partial charge is 0.229 e. The van der Waals surface area contributed by atoms with Crippen LogP contribution in [0.5, 0.6) is 0 Å². The van der Waals surface area contributed by atoms with Gasteiger partial charge in [0.05, 0.1) is 11.1 Å². The van der Waals surface area contributed by atoms with Gasteiger partial charge in [-0.15, -0.1) is 0 Å². The average Bonchev–Trinajstić information content (AvgIpc) is 3.29. The van der Waals surface area contributed by atoms with Crippen LogP contribution < -0.4 is 9.80 Å². The molecule has 0 saturated carbocycles. The zero-order valence-electron chi connectivity index (χ0n) is 15.4. The number of piperazine rings is 1. The minimum Gasteiger partial charge on any atom is -0.353 e. The van der Waals surface area contributed by atoms with E-state index >= 15 is 0 Å². The lowest BCUT2D eigenvalue weighted by atomic mass is 10.3. The first kappa shape index (κ1) is 17.5. The van der Waals surface area contributed by atoms with Gasteiger partial charge in [-0.25, -0.2) is 8.42 Å². The van der Waals surface area contributed by atoms with E-state index in [1.54, 1.807) is 11.2 Å². The van der Waals surface area contributed by atoms with Crippen molar-refractivity contribution in [1.29, 1.82) is 0 Å². The number of hydrogen-bond donors (Lipinski definition) is 1. The van der Waals surface area contributed by atoms with E-state index in [-0.39, 0.29) is 5.75 Å². The fourth-order valence-corrected chi connectivity index (χ4v) is 4.86. The molecule has 2 aromatic heterocycles. The van der Waals surface area contributed by atoms with Crippen molar-refractivity contribution in [3.63, 3.8) is 0 Å². The van der Waals surface area contributed by atoms with E-state index in [4.69, 9.17) is 9.97 Å². The molecular weight excluding hydrogens is 352 g/mol. The van der Waals surface area contributed by atoms with Gasteiger partial charge in [0.2, 0.25) is 16.0 Å². The van der Waals surface area contributed by atoms with Crippen molar-refractivity contribution in [2.45, 2.75) is 26.7 Å². The van der Waals surface area contributed by atoms with Crippen LogP contribution in [0, 0.1) is 6.92 Å². The zero-order chi connectivity index (χ0) is 18.3. The van der Waals surface area contributed by atoms with Crippen molar-refractivity contribution in [2.75, 3.05) is 54.8 Å². The van der Waals surface area contributed by atoms with Gasteiger partial charge in [-0.05, 0) is 32.8 Å². The van der Waals surface area contributed by atoms with Gasteiger partial charge in [-0.2, -0.15) is 14.3 Å². The maximum Gasteiger partial charge on any atom is 0.229 e. The van der Waals surface area contributed by atoms with Crippen molar-refractivity contribution < 1.29 is 8.42 Å². The topological polar surface area (TPSA) is 85.4 Å². The largest absolute Gasteiger partial charge is 0.353 e. The van der Waals surface area contributed by atoms with Gasteiger partial charge in [0.15, 0.2) is 0 Å². The summed E-state index contributed by atoms with van der Waals surface area (Å²) < 4.78 is 25.8. The van der Waals surface area contributed by atoms with Crippen LogP contribution >= 0.6 is 0 Å². The zero-order valence-corrected chi connectivity index (χ0v) is 16.2. The third-order valence-electron chi connectivity index (χ3n) is 5.28. The molecule has 0 amide bonds. The molecule has 8 nitrogen and oxygen atoms in total. The quantitative estimate of drug-likeness (QED) is 0.864. The second-order valence-corrected chi connectivity index (χ2v) is 9.30. The van der Waals surface area contributed by atoms with Crippen LogP contribution in [-0.4, -0.2) is 72.7 Å². The predicted molar refractivity (Wildman–Crippen MR) is 103 cm³/mol. The van der Waals surface area contributed by atoms with Crippen molar-refractivity contribution in [3.8, 4) is 0 Å². The van der Waals surface area contributed by atoms with Crippen molar-refractivity contribution in [2.24, 2.45) is 0 Å². The number of nitrogens with zero attached hydrogens (tertiary/aromatic N) is 5. The number of hydrogen-bond acceptors (Lipinski definition) is 6. The Kier molecular flexibility index (Phi) is 4.52. The Morgan fingerprint density at radius 2 is 1.73 bits per heavy atom. The van der Waals surface area contributed by atoms with E-state index in [0.29, 0.717) is 26.2 Å². The summed E-state index contributed by atoms with van der Waals surface area (Å²) in [5.41, 5.74) is 1.92.